The Balaban J connectivity index is 1.43. The number of aromatic nitrogens is 2. The Bertz CT molecular complexity index is 1270. The Morgan fingerprint density at radius 3 is 2.56 bits per heavy atom. The number of imidazole rings is 1. The number of rotatable bonds is 5. The van der Waals surface area contributed by atoms with Crippen LogP contribution in [0.25, 0.3) is 5.65 Å². The lowest BCUT2D eigenvalue weighted by molar-refractivity contribution is -0.124. The van der Waals surface area contributed by atoms with Gasteiger partial charge in [0.15, 0.2) is 0 Å². The maximum atomic E-state index is 13.7. The van der Waals surface area contributed by atoms with Crippen molar-refractivity contribution in [1.82, 2.24) is 9.38 Å². The van der Waals surface area contributed by atoms with Crippen molar-refractivity contribution in [3.8, 4) is 0 Å². The van der Waals surface area contributed by atoms with Crippen LogP contribution in [0, 0.1) is 5.92 Å². The van der Waals surface area contributed by atoms with Crippen LogP contribution in [0.2, 0.25) is 5.02 Å². The van der Waals surface area contributed by atoms with E-state index in [1.807, 2.05) is 59.1 Å². The van der Waals surface area contributed by atoms with Crippen molar-refractivity contribution < 1.29 is 9.59 Å². The Morgan fingerprint density at radius 2 is 1.78 bits per heavy atom. The number of para-hydroxylation sites is 1. The Kier molecular flexibility index (Phi) is 5.37. The fourth-order valence-corrected chi connectivity index (χ4v) is 4.26. The number of carbonyl (C=O) groups excluding carboxylic acids is 2. The van der Waals surface area contributed by atoms with E-state index in [9.17, 15) is 9.59 Å². The zero-order valence-electron chi connectivity index (χ0n) is 17.3. The molecule has 0 saturated carbocycles. The van der Waals surface area contributed by atoms with Crippen LogP contribution in [-0.4, -0.2) is 27.7 Å². The molecule has 0 radical (unpaired) electrons. The molecule has 6 nitrogen and oxygen atoms in total. The molecule has 2 aromatic carbocycles. The summed E-state index contributed by atoms with van der Waals surface area (Å²) < 4.78 is 1.98. The largest absolute Gasteiger partial charge is 0.312 e. The molecule has 1 aliphatic rings. The zero-order valence-corrected chi connectivity index (χ0v) is 18.0. The lowest BCUT2D eigenvalue weighted by atomic mass is 10.1. The summed E-state index contributed by atoms with van der Waals surface area (Å²) in [5.41, 5.74) is 3.27. The van der Waals surface area contributed by atoms with E-state index in [1.165, 1.54) is 0 Å². The lowest BCUT2D eigenvalue weighted by Gasteiger charge is -2.26. The van der Waals surface area contributed by atoms with Gasteiger partial charge >= 0.3 is 0 Å². The molecule has 3 heterocycles. The van der Waals surface area contributed by atoms with Crippen molar-refractivity contribution in [2.24, 2.45) is 5.92 Å². The average Bonchev–Trinajstić information content (AvgIpc) is 3.42. The highest BCUT2D eigenvalue weighted by molar-refractivity contribution is 6.30. The van der Waals surface area contributed by atoms with Crippen molar-refractivity contribution in [3.63, 3.8) is 0 Å². The van der Waals surface area contributed by atoms with Gasteiger partial charge in [-0.1, -0.05) is 35.9 Å². The minimum atomic E-state index is -0.433. The van der Waals surface area contributed by atoms with Gasteiger partial charge in [0.25, 0.3) is 0 Å². The van der Waals surface area contributed by atoms with Crippen molar-refractivity contribution in [1.29, 1.82) is 0 Å². The van der Waals surface area contributed by atoms with Crippen molar-refractivity contribution in [2.45, 2.75) is 13.0 Å². The molecular weight excluding hydrogens is 424 g/mol. The average molecular weight is 445 g/mol. The SMILES string of the molecule is O=C1CC(C(=O)N(Cc2cnc3ccccn23)c2ccccc2)CN1c1ccc(Cl)cc1. The standard InChI is InChI=1S/C25H21ClN4O2/c26-19-9-11-21(12-10-19)29-16-18(14-24(29)31)25(32)30(20-6-2-1-3-7-20)17-22-15-27-23-8-4-5-13-28(22)23/h1-13,15,18H,14,16-17H2. The number of nitrogens with zero attached hydrogens (tertiary/aromatic N) is 4. The number of fused-ring (bicyclic) bond motifs is 1. The second kappa shape index (κ2) is 8.48. The summed E-state index contributed by atoms with van der Waals surface area (Å²) in [5, 5.41) is 0.608. The molecule has 32 heavy (non-hydrogen) atoms. The van der Waals surface area contributed by atoms with Crippen LogP contribution in [0.3, 0.4) is 0 Å². The number of hydrogen-bond acceptors (Lipinski definition) is 3. The van der Waals surface area contributed by atoms with Gasteiger partial charge in [0.05, 0.1) is 24.4 Å². The zero-order chi connectivity index (χ0) is 22.1. The van der Waals surface area contributed by atoms with Crippen LogP contribution >= 0.6 is 11.6 Å². The number of amides is 2. The van der Waals surface area contributed by atoms with Crippen LogP contribution in [0.1, 0.15) is 12.1 Å². The molecule has 2 amide bonds. The molecule has 0 N–H and O–H groups in total. The highest BCUT2D eigenvalue weighted by Crippen LogP contribution is 2.29. The van der Waals surface area contributed by atoms with E-state index in [1.54, 1.807) is 40.3 Å². The van der Waals surface area contributed by atoms with Gasteiger partial charge in [0, 0.05) is 35.6 Å². The van der Waals surface area contributed by atoms with E-state index in [4.69, 9.17) is 11.6 Å². The third-order valence-corrected chi connectivity index (χ3v) is 6.01. The highest BCUT2D eigenvalue weighted by atomic mass is 35.5. The first kappa shape index (κ1) is 20.3. The molecule has 1 saturated heterocycles. The third kappa shape index (κ3) is 3.85. The molecule has 1 atom stereocenters. The van der Waals surface area contributed by atoms with Gasteiger partial charge in [-0.05, 0) is 48.5 Å². The molecule has 0 aliphatic carbocycles. The molecule has 0 spiro atoms. The van der Waals surface area contributed by atoms with Gasteiger partial charge in [0.1, 0.15) is 5.65 Å². The minimum absolute atomic E-state index is 0.0616. The van der Waals surface area contributed by atoms with E-state index in [0.717, 1.165) is 22.7 Å². The van der Waals surface area contributed by atoms with E-state index < -0.39 is 5.92 Å². The Morgan fingerprint density at radius 1 is 1.03 bits per heavy atom. The summed E-state index contributed by atoms with van der Waals surface area (Å²) in [6, 6.07) is 22.5. The number of pyridine rings is 1. The normalized spacial score (nSPS) is 16.0. The molecule has 7 heteroatoms. The number of benzene rings is 2. The topological polar surface area (TPSA) is 57.9 Å². The molecule has 1 unspecified atom stereocenters. The quantitative estimate of drug-likeness (QED) is 0.453. The molecule has 4 aromatic rings. The first-order valence-corrected chi connectivity index (χ1v) is 10.8. The smallest absolute Gasteiger partial charge is 0.232 e. The molecule has 160 valence electrons. The van der Waals surface area contributed by atoms with Crippen LogP contribution in [0.5, 0.6) is 0 Å². The van der Waals surface area contributed by atoms with E-state index in [-0.39, 0.29) is 18.2 Å². The van der Waals surface area contributed by atoms with Gasteiger partial charge in [-0.3, -0.25) is 9.59 Å². The molecule has 2 aromatic heterocycles. The fraction of sp³-hybridized carbons (Fsp3) is 0.160. The van der Waals surface area contributed by atoms with Crippen LogP contribution < -0.4 is 9.80 Å². The fourth-order valence-electron chi connectivity index (χ4n) is 4.13. The maximum absolute atomic E-state index is 13.7. The van der Waals surface area contributed by atoms with Gasteiger partial charge in [-0.25, -0.2) is 4.98 Å². The number of halogens is 1. The molecule has 1 aliphatic heterocycles. The molecule has 1 fully saturated rings. The van der Waals surface area contributed by atoms with E-state index in [0.29, 0.717) is 18.1 Å². The molecular formula is C25H21ClN4O2. The van der Waals surface area contributed by atoms with Gasteiger partial charge in [0.2, 0.25) is 11.8 Å². The maximum Gasteiger partial charge on any atom is 0.232 e. The third-order valence-electron chi connectivity index (χ3n) is 5.76. The summed E-state index contributed by atoms with van der Waals surface area (Å²) in [4.78, 5) is 34.3. The van der Waals surface area contributed by atoms with Gasteiger partial charge < -0.3 is 14.2 Å². The summed E-state index contributed by atoms with van der Waals surface area (Å²) in [6.45, 7) is 0.704. The second-order valence-corrected chi connectivity index (χ2v) is 8.26. The van der Waals surface area contributed by atoms with Crippen molar-refractivity contribution >= 4 is 40.4 Å². The molecule has 5 rings (SSSR count). The van der Waals surface area contributed by atoms with Crippen molar-refractivity contribution in [3.05, 3.63) is 95.9 Å². The van der Waals surface area contributed by atoms with Crippen molar-refractivity contribution in [2.75, 3.05) is 16.3 Å². The first-order valence-electron chi connectivity index (χ1n) is 10.4. The summed E-state index contributed by atoms with van der Waals surface area (Å²) in [6.07, 6.45) is 3.91. The van der Waals surface area contributed by atoms with Crippen LogP contribution in [0.15, 0.2) is 85.2 Å². The summed E-state index contributed by atoms with van der Waals surface area (Å²) in [7, 11) is 0. The highest BCUT2D eigenvalue weighted by Gasteiger charge is 2.37. The van der Waals surface area contributed by atoms with E-state index >= 15 is 0 Å². The Hall–Kier alpha value is -3.64. The predicted octanol–water partition coefficient (Wildman–Crippen LogP) is 4.57. The van der Waals surface area contributed by atoms with Gasteiger partial charge in [-0.15, -0.1) is 0 Å². The number of hydrogen-bond donors (Lipinski definition) is 0. The summed E-state index contributed by atoms with van der Waals surface area (Å²) >= 11 is 5.98. The second-order valence-electron chi connectivity index (χ2n) is 7.82. The van der Waals surface area contributed by atoms with E-state index in [2.05, 4.69) is 4.98 Å². The first-order chi connectivity index (χ1) is 15.6. The lowest BCUT2D eigenvalue weighted by Crippen LogP contribution is -2.37. The Labute approximate surface area is 190 Å². The van der Waals surface area contributed by atoms with Crippen LogP contribution in [0.4, 0.5) is 11.4 Å². The number of carbonyl (C=O) groups is 2. The van der Waals surface area contributed by atoms with Gasteiger partial charge in [-0.2, -0.15) is 0 Å². The predicted molar refractivity (Wildman–Crippen MR) is 125 cm³/mol. The monoisotopic (exact) mass is 444 g/mol. The minimum Gasteiger partial charge on any atom is -0.312 e. The molecule has 0 bridgehead atoms. The number of anilines is 2. The summed E-state index contributed by atoms with van der Waals surface area (Å²) in [5.74, 6) is -0.571. The van der Waals surface area contributed by atoms with Crippen LogP contribution in [-0.2, 0) is 16.1 Å².